The highest BCUT2D eigenvalue weighted by Gasteiger charge is 2.30. The van der Waals surface area contributed by atoms with Crippen LogP contribution in [0.2, 0.25) is 0 Å². The summed E-state index contributed by atoms with van der Waals surface area (Å²) in [5, 5.41) is 3.56. The van der Waals surface area contributed by atoms with Crippen LogP contribution in [0.3, 0.4) is 0 Å². The topological polar surface area (TPSA) is 52.6 Å². The molecular formula is C61H58O4P2. The Morgan fingerprint density at radius 1 is 0.403 bits per heavy atom. The van der Waals surface area contributed by atoms with Gasteiger partial charge in [-0.3, -0.25) is 0 Å². The van der Waals surface area contributed by atoms with Crippen LogP contribution in [0.5, 0.6) is 23.0 Å². The average molecular weight is 917 g/mol. The summed E-state index contributed by atoms with van der Waals surface area (Å²) in [4.78, 5) is 0. The highest BCUT2D eigenvalue weighted by Crippen LogP contribution is 2.47. The molecule has 336 valence electrons. The van der Waals surface area contributed by atoms with Crippen molar-refractivity contribution < 1.29 is 18.6 Å². The SMILES string of the molecule is CC(C)(c1ccc(Oc2ccc3c(c2)CC3)c(CCCP(=O)(c2ccccc2)c2ccccc2)c1)c1ccc(Oc2ccc3c(c2)CC3)c(CCCP(=O)(c2ccccc2)c2ccccc2)c1. The summed E-state index contributed by atoms with van der Waals surface area (Å²) >= 11 is 0. The van der Waals surface area contributed by atoms with Crippen LogP contribution in [0.25, 0.3) is 0 Å². The van der Waals surface area contributed by atoms with E-state index in [0.29, 0.717) is 25.2 Å². The molecule has 0 aromatic heterocycles. The van der Waals surface area contributed by atoms with E-state index in [0.717, 1.165) is 93.9 Å². The van der Waals surface area contributed by atoms with E-state index in [4.69, 9.17) is 9.47 Å². The first kappa shape index (κ1) is 44.6. The van der Waals surface area contributed by atoms with Gasteiger partial charge in [-0.05, 0) is 132 Å². The van der Waals surface area contributed by atoms with Crippen molar-refractivity contribution in [3.63, 3.8) is 0 Å². The summed E-state index contributed by atoms with van der Waals surface area (Å²) in [6.45, 7) is 4.58. The molecule has 0 unspecified atom stereocenters. The molecule has 0 saturated carbocycles. The molecule has 0 fully saturated rings. The molecule has 0 spiro atoms. The van der Waals surface area contributed by atoms with Crippen LogP contribution < -0.4 is 30.7 Å². The van der Waals surface area contributed by atoms with Gasteiger partial charge in [0.05, 0.1) is 0 Å². The van der Waals surface area contributed by atoms with E-state index in [1.165, 1.54) is 33.4 Å². The number of aryl methyl sites for hydroxylation is 6. The van der Waals surface area contributed by atoms with Gasteiger partial charge in [0.25, 0.3) is 0 Å². The number of fused-ring (bicyclic) bond motifs is 2. The number of benzene rings is 8. The van der Waals surface area contributed by atoms with Crippen LogP contribution in [-0.4, -0.2) is 12.3 Å². The van der Waals surface area contributed by atoms with Gasteiger partial charge in [0.15, 0.2) is 0 Å². The highest BCUT2D eigenvalue weighted by atomic mass is 31.2. The van der Waals surface area contributed by atoms with E-state index in [-0.39, 0.29) is 0 Å². The number of hydrogen-bond donors (Lipinski definition) is 0. The Morgan fingerprint density at radius 2 is 0.746 bits per heavy atom. The first-order valence-corrected chi connectivity index (χ1v) is 27.7. The molecule has 0 bridgehead atoms. The minimum Gasteiger partial charge on any atom is -0.457 e. The first-order chi connectivity index (χ1) is 32.7. The molecule has 0 N–H and O–H groups in total. The van der Waals surface area contributed by atoms with Gasteiger partial charge in [-0.15, -0.1) is 0 Å². The Labute approximate surface area is 396 Å². The minimum absolute atomic E-state index is 0.404. The van der Waals surface area contributed by atoms with Gasteiger partial charge in [-0.2, -0.15) is 0 Å². The van der Waals surface area contributed by atoms with Crippen molar-refractivity contribution >= 4 is 35.5 Å². The molecule has 2 aliphatic rings. The second kappa shape index (κ2) is 19.2. The van der Waals surface area contributed by atoms with E-state index in [9.17, 15) is 0 Å². The van der Waals surface area contributed by atoms with Crippen LogP contribution in [0.4, 0.5) is 0 Å². The van der Waals surface area contributed by atoms with Crippen molar-refractivity contribution in [1.82, 2.24) is 0 Å². The molecule has 0 amide bonds. The molecule has 67 heavy (non-hydrogen) atoms. The molecule has 0 heterocycles. The van der Waals surface area contributed by atoms with E-state index in [1.54, 1.807) is 0 Å². The molecule has 0 saturated heterocycles. The van der Waals surface area contributed by atoms with Crippen LogP contribution in [0, 0.1) is 0 Å². The quantitative estimate of drug-likeness (QED) is 0.0805. The average Bonchev–Trinajstić information content (AvgIpc) is 3.35. The summed E-state index contributed by atoms with van der Waals surface area (Å²) in [6.07, 6.45) is 8.36. The van der Waals surface area contributed by atoms with E-state index in [1.807, 2.05) is 121 Å². The first-order valence-electron chi connectivity index (χ1n) is 23.9. The van der Waals surface area contributed by atoms with Crippen molar-refractivity contribution in [2.24, 2.45) is 0 Å². The smallest absolute Gasteiger partial charge is 0.143 e. The van der Waals surface area contributed by atoms with Gasteiger partial charge in [0.2, 0.25) is 0 Å². The van der Waals surface area contributed by atoms with Crippen molar-refractivity contribution in [2.75, 3.05) is 12.3 Å². The fourth-order valence-corrected chi connectivity index (χ4v) is 15.3. The summed E-state index contributed by atoms with van der Waals surface area (Å²) < 4.78 is 43.7. The normalized spacial score (nSPS) is 13.2. The second-order valence-electron chi connectivity index (χ2n) is 18.8. The third-order valence-electron chi connectivity index (χ3n) is 14.2. The van der Waals surface area contributed by atoms with Crippen molar-refractivity contribution in [3.05, 3.63) is 239 Å². The minimum atomic E-state index is -2.90. The van der Waals surface area contributed by atoms with Crippen molar-refractivity contribution in [3.8, 4) is 23.0 Å². The monoisotopic (exact) mass is 916 g/mol. The Kier molecular flexibility index (Phi) is 12.8. The third-order valence-corrected chi connectivity index (χ3v) is 20.7. The Morgan fingerprint density at radius 3 is 1.06 bits per heavy atom. The molecular weight excluding hydrogens is 859 g/mol. The molecule has 0 radical (unpaired) electrons. The highest BCUT2D eigenvalue weighted by molar-refractivity contribution is 7.79. The maximum Gasteiger partial charge on any atom is 0.143 e. The van der Waals surface area contributed by atoms with Gasteiger partial charge in [0.1, 0.15) is 37.3 Å². The number of ether oxygens (including phenoxy) is 2. The van der Waals surface area contributed by atoms with Crippen molar-refractivity contribution in [1.29, 1.82) is 0 Å². The van der Waals surface area contributed by atoms with Gasteiger partial charge >= 0.3 is 0 Å². The zero-order valence-corrected chi connectivity index (χ0v) is 40.4. The van der Waals surface area contributed by atoms with Gasteiger partial charge < -0.3 is 18.6 Å². The summed E-state index contributed by atoms with van der Waals surface area (Å²) in [5.74, 6) is 3.36. The van der Waals surface area contributed by atoms with Crippen molar-refractivity contribution in [2.45, 2.75) is 70.6 Å². The lowest BCUT2D eigenvalue weighted by Gasteiger charge is -2.29. The van der Waals surface area contributed by atoms with E-state index < -0.39 is 19.7 Å². The predicted octanol–water partition coefficient (Wildman–Crippen LogP) is 13.7. The van der Waals surface area contributed by atoms with Crippen LogP contribution in [0.1, 0.15) is 71.2 Å². The van der Waals surface area contributed by atoms with E-state index >= 15 is 9.13 Å². The molecule has 6 heteroatoms. The maximum atomic E-state index is 15.1. The lowest BCUT2D eigenvalue weighted by atomic mass is 9.76. The standard InChI is InChI=1S/C61H58O4P2/c1-61(2,51-33-37-59(64-53-35-31-45-27-29-47(45)43-53)49(41-51)17-15-39-66(62,55-19-7-3-8-20-55)56-21-9-4-10-22-56)52-34-38-60(65-54-36-32-46-28-30-48(46)44-54)50(42-52)18-16-40-67(63,57-23-11-5-12-24-57)58-25-13-6-14-26-58/h3-14,19-26,31-38,41-44H,15-18,27-30,39-40H2,1-2H3. The Hall–Kier alpha value is -6.18. The predicted molar refractivity (Wildman–Crippen MR) is 279 cm³/mol. The Balaban J connectivity index is 0.971. The molecule has 0 atom stereocenters. The van der Waals surface area contributed by atoms with Crippen LogP contribution in [0.15, 0.2) is 194 Å². The molecule has 2 aliphatic carbocycles. The lowest BCUT2D eigenvalue weighted by Crippen LogP contribution is -2.20. The zero-order valence-electron chi connectivity index (χ0n) is 38.6. The molecule has 0 aliphatic heterocycles. The number of rotatable bonds is 18. The summed E-state index contributed by atoms with van der Waals surface area (Å²) in [5.41, 5.74) is 9.64. The summed E-state index contributed by atoms with van der Waals surface area (Å²) in [7, 11) is -5.81. The van der Waals surface area contributed by atoms with Crippen LogP contribution >= 0.6 is 14.3 Å². The Bertz CT molecular complexity index is 2810. The molecule has 8 aromatic carbocycles. The molecule has 10 rings (SSSR count). The molecule has 8 aromatic rings. The fraction of sp³-hybridized carbons (Fsp3) is 0.213. The maximum absolute atomic E-state index is 15.1. The van der Waals surface area contributed by atoms with E-state index in [2.05, 4.69) is 86.6 Å². The third kappa shape index (κ3) is 9.41. The zero-order chi connectivity index (χ0) is 45.9. The van der Waals surface area contributed by atoms with Gasteiger partial charge in [0, 0.05) is 39.0 Å². The van der Waals surface area contributed by atoms with Gasteiger partial charge in [-0.1, -0.05) is 172 Å². The second-order valence-corrected chi connectivity index (χ2v) is 24.7. The summed E-state index contributed by atoms with van der Waals surface area (Å²) in [6, 6.07) is 66.2. The van der Waals surface area contributed by atoms with Gasteiger partial charge in [-0.25, -0.2) is 0 Å². The lowest BCUT2D eigenvalue weighted by molar-refractivity contribution is 0.471. The largest absolute Gasteiger partial charge is 0.457 e. The number of hydrogen-bond acceptors (Lipinski definition) is 4. The molecule has 4 nitrogen and oxygen atoms in total. The fourth-order valence-electron chi connectivity index (χ4n) is 9.89. The van der Waals surface area contributed by atoms with Crippen LogP contribution in [-0.2, 0) is 53.1 Å².